The average Bonchev–Trinajstić information content (AvgIpc) is 3.04. The maximum atomic E-state index is 12.7. The predicted molar refractivity (Wildman–Crippen MR) is 121 cm³/mol. The molecule has 0 aliphatic carbocycles. The topological polar surface area (TPSA) is 76.3 Å². The van der Waals surface area contributed by atoms with Crippen LogP contribution in [0.15, 0.2) is 53.3 Å². The van der Waals surface area contributed by atoms with Gasteiger partial charge in [0.05, 0.1) is 11.0 Å². The van der Waals surface area contributed by atoms with Crippen LogP contribution in [0.3, 0.4) is 0 Å². The summed E-state index contributed by atoms with van der Waals surface area (Å²) in [6.45, 7) is 4.20. The Bertz CT molecular complexity index is 1160. The number of anilines is 1. The Morgan fingerprint density at radius 1 is 1.00 bits per heavy atom. The molecule has 1 aliphatic rings. The molecule has 31 heavy (non-hydrogen) atoms. The van der Waals surface area contributed by atoms with Crippen molar-refractivity contribution in [2.45, 2.75) is 52.2 Å². The van der Waals surface area contributed by atoms with Crippen LogP contribution in [0.25, 0.3) is 11.0 Å². The van der Waals surface area contributed by atoms with Crippen LogP contribution in [-0.2, 0) is 29.2 Å². The van der Waals surface area contributed by atoms with Gasteiger partial charge in [-0.2, -0.15) is 0 Å². The molecule has 0 bridgehead atoms. The number of piperidine rings is 1. The van der Waals surface area contributed by atoms with Gasteiger partial charge >= 0.3 is 5.69 Å². The number of rotatable bonds is 7. The molecule has 1 aromatic heterocycles. The third-order valence-electron chi connectivity index (χ3n) is 5.81. The first-order valence-electron chi connectivity index (χ1n) is 10.9. The number of hydrogen-bond acceptors (Lipinski definition) is 3. The second kappa shape index (κ2) is 9.20. The highest BCUT2D eigenvalue weighted by molar-refractivity contribution is 5.90. The number of carbonyl (C=O) groups excluding carboxylic acids is 2. The largest absolute Gasteiger partial charge is 0.338 e. The van der Waals surface area contributed by atoms with Gasteiger partial charge in [-0.05, 0) is 49.6 Å². The minimum atomic E-state index is -0.147. The van der Waals surface area contributed by atoms with Crippen molar-refractivity contribution in [2.75, 3.05) is 11.9 Å². The summed E-state index contributed by atoms with van der Waals surface area (Å²) < 4.78 is 3.38. The molecule has 3 aromatic rings. The van der Waals surface area contributed by atoms with Gasteiger partial charge in [0.15, 0.2) is 0 Å². The Kier molecular flexibility index (Phi) is 6.21. The maximum Gasteiger partial charge on any atom is 0.329 e. The number of nitrogens with zero attached hydrogens (tertiary/aromatic N) is 3. The lowest BCUT2D eigenvalue weighted by Crippen LogP contribution is -2.34. The zero-order valence-corrected chi connectivity index (χ0v) is 17.8. The number of imidazole rings is 1. The van der Waals surface area contributed by atoms with Crippen LogP contribution in [0.2, 0.25) is 0 Å². The number of likely N-dealkylation sites (tertiary alicyclic amines) is 1. The van der Waals surface area contributed by atoms with E-state index in [1.165, 1.54) is 0 Å². The maximum absolute atomic E-state index is 12.7. The molecule has 4 rings (SSSR count). The number of benzene rings is 2. The number of carbonyl (C=O) groups is 2. The van der Waals surface area contributed by atoms with Gasteiger partial charge in [0.1, 0.15) is 0 Å². The van der Waals surface area contributed by atoms with E-state index in [4.69, 9.17) is 0 Å². The molecule has 2 heterocycles. The predicted octanol–water partition coefficient (Wildman–Crippen LogP) is 3.36. The first-order chi connectivity index (χ1) is 15.1. The number of fused-ring (bicyclic) bond motifs is 1. The first-order valence-corrected chi connectivity index (χ1v) is 10.9. The summed E-state index contributed by atoms with van der Waals surface area (Å²) in [7, 11) is 0. The van der Waals surface area contributed by atoms with Crippen molar-refractivity contribution in [3.8, 4) is 0 Å². The molecular weight excluding hydrogens is 392 g/mol. The molecule has 2 amide bonds. The number of hydrogen-bond donors (Lipinski definition) is 1. The van der Waals surface area contributed by atoms with Crippen molar-refractivity contribution in [1.82, 2.24) is 14.0 Å². The van der Waals surface area contributed by atoms with E-state index in [9.17, 15) is 14.4 Å². The van der Waals surface area contributed by atoms with Gasteiger partial charge in [-0.1, -0.05) is 24.3 Å². The van der Waals surface area contributed by atoms with Crippen molar-refractivity contribution in [2.24, 2.45) is 0 Å². The molecule has 0 spiro atoms. The zero-order chi connectivity index (χ0) is 21.8. The Hall–Kier alpha value is -3.35. The Morgan fingerprint density at radius 3 is 2.52 bits per heavy atom. The van der Waals surface area contributed by atoms with E-state index in [2.05, 4.69) is 5.32 Å². The molecule has 2 aromatic carbocycles. The molecule has 0 saturated carbocycles. The lowest BCUT2D eigenvalue weighted by atomic mass is 10.1. The molecule has 1 aliphatic heterocycles. The van der Waals surface area contributed by atoms with E-state index in [1.807, 2.05) is 60.4 Å². The van der Waals surface area contributed by atoms with Crippen molar-refractivity contribution >= 4 is 28.5 Å². The molecule has 1 fully saturated rings. The second-order valence-corrected chi connectivity index (χ2v) is 7.94. The summed E-state index contributed by atoms with van der Waals surface area (Å²) in [5.74, 6) is 0.0452. The Labute approximate surface area is 181 Å². The van der Waals surface area contributed by atoms with Gasteiger partial charge in [-0.3, -0.25) is 18.7 Å². The fraction of sp³-hybridized carbons (Fsp3) is 0.375. The molecular formula is C24H28N4O3. The van der Waals surface area contributed by atoms with Crippen molar-refractivity contribution in [1.29, 1.82) is 0 Å². The van der Waals surface area contributed by atoms with E-state index in [0.717, 1.165) is 36.0 Å². The summed E-state index contributed by atoms with van der Waals surface area (Å²) in [5, 5.41) is 2.92. The molecule has 1 saturated heterocycles. The van der Waals surface area contributed by atoms with Crippen LogP contribution in [0.1, 0.15) is 38.2 Å². The first kappa shape index (κ1) is 20.9. The number of para-hydroxylation sites is 2. The minimum absolute atomic E-state index is 0.0929. The summed E-state index contributed by atoms with van der Waals surface area (Å²) in [6.07, 6.45) is 2.82. The Balaban J connectivity index is 1.41. The van der Waals surface area contributed by atoms with Gasteiger partial charge in [0, 0.05) is 44.7 Å². The zero-order valence-electron chi connectivity index (χ0n) is 17.8. The highest BCUT2D eigenvalue weighted by atomic mass is 16.2. The summed E-state index contributed by atoms with van der Waals surface area (Å²) in [6, 6.07) is 15.3. The highest BCUT2D eigenvalue weighted by Crippen LogP contribution is 2.18. The van der Waals surface area contributed by atoms with Crippen LogP contribution in [0, 0.1) is 0 Å². The summed E-state index contributed by atoms with van der Waals surface area (Å²) in [5.41, 5.74) is 3.33. The minimum Gasteiger partial charge on any atom is -0.338 e. The van der Waals surface area contributed by atoms with Crippen LogP contribution >= 0.6 is 0 Å². The normalized spacial score (nSPS) is 14.2. The fourth-order valence-corrected chi connectivity index (χ4v) is 4.23. The van der Waals surface area contributed by atoms with E-state index in [1.54, 1.807) is 9.13 Å². The standard InChI is InChI=1S/C24H28N4O3/c1-2-27-20-10-3-4-11-21(20)28(24(27)31)15-13-22(29)25-19-9-7-8-18(16-19)17-26-14-6-5-12-23(26)30/h3-4,7-11,16H,2,5-6,12-15,17H2,1H3,(H,25,29). The van der Waals surface area contributed by atoms with Gasteiger partial charge in [0.2, 0.25) is 11.8 Å². The number of nitrogens with one attached hydrogen (secondary N) is 1. The smallest absolute Gasteiger partial charge is 0.329 e. The van der Waals surface area contributed by atoms with Crippen molar-refractivity contribution in [3.05, 3.63) is 64.6 Å². The number of aromatic nitrogens is 2. The van der Waals surface area contributed by atoms with Gasteiger partial charge in [-0.25, -0.2) is 4.79 Å². The molecule has 0 unspecified atom stereocenters. The van der Waals surface area contributed by atoms with Crippen LogP contribution < -0.4 is 11.0 Å². The third kappa shape index (κ3) is 4.55. The lowest BCUT2D eigenvalue weighted by Gasteiger charge is -2.26. The lowest BCUT2D eigenvalue weighted by molar-refractivity contribution is -0.133. The molecule has 1 N–H and O–H groups in total. The average molecular weight is 421 g/mol. The van der Waals surface area contributed by atoms with Crippen LogP contribution in [0.5, 0.6) is 0 Å². The van der Waals surface area contributed by atoms with E-state index < -0.39 is 0 Å². The molecule has 162 valence electrons. The highest BCUT2D eigenvalue weighted by Gasteiger charge is 2.18. The van der Waals surface area contributed by atoms with Crippen LogP contribution in [0.4, 0.5) is 5.69 Å². The van der Waals surface area contributed by atoms with E-state index in [0.29, 0.717) is 31.7 Å². The quantitative estimate of drug-likeness (QED) is 0.637. The second-order valence-electron chi connectivity index (χ2n) is 7.94. The van der Waals surface area contributed by atoms with Gasteiger partial charge < -0.3 is 10.2 Å². The summed E-state index contributed by atoms with van der Waals surface area (Å²) >= 11 is 0. The molecule has 7 nitrogen and oxygen atoms in total. The number of aryl methyl sites for hydroxylation is 2. The van der Waals surface area contributed by atoms with E-state index >= 15 is 0 Å². The third-order valence-corrected chi connectivity index (χ3v) is 5.81. The number of amides is 2. The summed E-state index contributed by atoms with van der Waals surface area (Å²) in [4.78, 5) is 39.2. The van der Waals surface area contributed by atoms with Gasteiger partial charge in [0.25, 0.3) is 0 Å². The monoisotopic (exact) mass is 420 g/mol. The Morgan fingerprint density at radius 2 is 1.77 bits per heavy atom. The molecule has 0 radical (unpaired) electrons. The van der Waals surface area contributed by atoms with Gasteiger partial charge in [-0.15, -0.1) is 0 Å². The molecule has 7 heteroatoms. The van der Waals surface area contributed by atoms with E-state index in [-0.39, 0.29) is 23.9 Å². The van der Waals surface area contributed by atoms with Crippen molar-refractivity contribution in [3.63, 3.8) is 0 Å². The SMILES string of the molecule is CCn1c(=O)n(CCC(=O)Nc2cccc(CN3CCCCC3=O)c2)c2ccccc21. The molecule has 0 atom stereocenters. The fourth-order valence-electron chi connectivity index (χ4n) is 4.23. The van der Waals surface area contributed by atoms with Crippen LogP contribution in [-0.4, -0.2) is 32.4 Å². The van der Waals surface area contributed by atoms with Crippen molar-refractivity contribution < 1.29 is 9.59 Å².